The first-order valence-electron chi connectivity index (χ1n) is 11.7. The molecule has 0 aromatic heterocycles. The van der Waals surface area contributed by atoms with E-state index >= 15 is 0 Å². The van der Waals surface area contributed by atoms with Crippen LogP contribution in [0.4, 0.5) is 0 Å². The van der Waals surface area contributed by atoms with Crippen molar-refractivity contribution < 1.29 is 33.6 Å². The average molecular weight is 491 g/mol. The van der Waals surface area contributed by atoms with Crippen molar-refractivity contribution in [2.75, 3.05) is 7.11 Å². The van der Waals surface area contributed by atoms with Crippen LogP contribution in [0.25, 0.3) is 12.2 Å². The van der Waals surface area contributed by atoms with Crippen molar-refractivity contribution in [1.29, 1.82) is 0 Å². The number of esters is 1. The van der Waals surface area contributed by atoms with Crippen molar-refractivity contribution in [3.05, 3.63) is 89.5 Å². The number of hydrogen-bond donors (Lipinski definition) is 0. The molecule has 2 aromatic rings. The largest absolute Gasteiger partial charge is 0.497 e. The maximum Gasteiger partial charge on any atom is 0.381 e. The molecule has 7 nitrogen and oxygen atoms in total. The van der Waals surface area contributed by atoms with Crippen LogP contribution in [0.15, 0.2) is 72.8 Å². The Morgan fingerprint density at radius 1 is 0.806 bits per heavy atom. The van der Waals surface area contributed by atoms with Crippen LogP contribution in [-0.2, 0) is 28.9 Å². The Hall–Kier alpha value is -4.13. The SMILES string of the molecule is C=C(C)C(=O)OOC(=O)/C=C/c1ccc(C2CCC(OC(=O)/C=C/c3ccc(OC)cc3)CC2)cc1. The van der Waals surface area contributed by atoms with Gasteiger partial charge in [0.1, 0.15) is 11.9 Å². The molecule has 0 atom stereocenters. The van der Waals surface area contributed by atoms with Crippen molar-refractivity contribution in [3.8, 4) is 5.75 Å². The van der Waals surface area contributed by atoms with Crippen molar-refractivity contribution in [3.63, 3.8) is 0 Å². The summed E-state index contributed by atoms with van der Waals surface area (Å²) in [5, 5.41) is 0. The normalized spacial score (nSPS) is 17.5. The lowest BCUT2D eigenvalue weighted by Gasteiger charge is -2.28. The average Bonchev–Trinajstić information content (AvgIpc) is 2.90. The van der Waals surface area contributed by atoms with Gasteiger partial charge in [-0.2, -0.15) is 0 Å². The van der Waals surface area contributed by atoms with Gasteiger partial charge in [-0.3, -0.25) is 0 Å². The summed E-state index contributed by atoms with van der Waals surface area (Å²) in [6.45, 7) is 4.85. The predicted molar refractivity (Wildman–Crippen MR) is 136 cm³/mol. The number of benzene rings is 2. The van der Waals surface area contributed by atoms with E-state index in [2.05, 4.69) is 16.4 Å². The van der Waals surface area contributed by atoms with E-state index in [-0.39, 0.29) is 17.6 Å². The van der Waals surface area contributed by atoms with Gasteiger partial charge in [-0.15, -0.1) is 0 Å². The third-order valence-electron chi connectivity index (χ3n) is 5.85. The van der Waals surface area contributed by atoms with Gasteiger partial charge in [0.05, 0.1) is 7.11 Å². The van der Waals surface area contributed by atoms with Crippen molar-refractivity contribution in [2.45, 2.75) is 44.6 Å². The highest BCUT2D eigenvalue weighted by Crippen LogP contribution is 2.34. The first-order chi connectivity index (χ1) is 17.3. The molecule has 0 heterocycles. The van der Waals surface area contributed by atoms with Crippen molar-refractivity contribution >= 4 is 30.1 Å². The standard InChI is InChI=1S/C29H30O7/c1-20(2)29(32)36-35-28(31)19-9-21-4-10-23(11-5-21)24-12-16-26(17-13-24)34-27(30)18-8-22-6-14-25(33-3)15-7-22/h4-11,14-15,18-19,24,26H,1,12-13,16-17H2,2-3H3/b18-8+,19-9+. The lowest BCUT2D eigenvalue weighted by atomic mass is 9.82. The molecule has 188 valence electrons. The van der Waals surface area contributed by atoms with Crippen molar-refractivity contribution in [1.82, 2.24) is 0 Å². The summed E-state index contributed by atoms with van der Waals surface area (Å²) in [6.07, 6.45) is 9.34. The number of hydrogen-bond acceptors (Lipinski definition) is 7. The third-order valence-corrected chi connectivity index (χ3v) is 5.85. The van der Waals surface area contributed by atoms with E-state index in [4.69, 9.17) is 9.47 Å². The fourth-order valence-electron chi connectivity index (χ4n) is 3.82. The molecule has 1 aliphatic rings. The molecule has 0 amide bonds. The number of ether oxygens (including phenoxy) is 2. The summed E-state index contributed by atoms with van der Waals surface area (Å²) in [4.78, 5) is 43.8. The molecule has 0 N–H and O–H groups in total. The molecular weight excluding hydrogens is 460 g/mol. The smallest absolute Gasteiger partial charge is 0.381 e. The summed E-state index contributed by atoms with van der Waals surface area (Å²) in [5.74, 6) is -0.769. The van der Waals surface area contributed by atoms with Gasteiger partial charge in [0.25, 0.3) is 0 Å². The fraction of sp³-hybridized carbons (Fsp3) is 0.276. The monoisotopic (exact) mass is 490 g/mol. The quantitative estimate of drug-likeness (QED) is 0.207. The molecule has 0 aliphatic heterocycles. The van der Waals surface area contributed by atoms with Gasteiger partial charge in [-0.25, -0.2) is 24.2 Å². The van der Waals surface area contributed by atoms with E-state index in [1.807, 2.05) is 48.5 Å². The Balaban J connectivity index is 1.42. The van der Waals surface area contributed by atoms with Crippen LogP contribution >= 0.6 is 0 Å². The third kappa shape index (κ3) is 8.27. The molecular formula is C29H30O7. The number of rotatable bonds is 8. The second kappa shape index (κ2) is 13.1. The van der Waals surface area contributed by atoms with E-state index in [0.717, 1.165) is 42.6 Å². The van der Waals surface area contributed by atoms with E-state index in [1.165, 1.54) is 24.6 Å². The Bertz CT molecular complexity index is 1120. The van der Waals surface area contributed by atoms with Crippen LogP contribution in [0.2, 0.25) is 0 Å². The zero-order chi connectivity index (χ0) is 25.9. The van der Waals surface area contributed by atoms with Crippen LogP contribution in [0, 0.1) is 0 Å². The first-order valence-corrected chi connectivity index (χ1v) is 11.7. The molecule has 1 fully saturated rings. The maximum atomic E-state index is 12.2. The van der Waals surface area contributed by atoms with Gasteiger partial charge >= 0.3 is 17.9 Å². The molecule has 1 saturated carbocycles. The second-order valence-corrected chi connectivity index (χ2v) is 8.57. The van der Waals surface area contributed by atoms with Crippen LogP contribution in [0.3, 0.4) is 0 Å². The summed E-state index contributed by atoms with van der Waals surface area (Å²) < 4.78 is 10.8. The molecule has 2 aromatic carbocycles. The molecule has 7 heteroatoms. The van der Waals surface area contributed by atoms with E-state index < -0.39 is 11.9 Å². The van der Waals surface area contributed by atoms with E-state index in [1.54, 1.807) is 19.3 Å². The number of carbonyl (C=O) groups excluding carboxylic acids is 3. The Morgan fingerprint density at radius 3 is 1.92 bits per heavy atom. The van der Waals surface area contributed by atoms with Gasteiger partial charge < -0.3 is 9.47 Å². The Kier molecular flexibility index (Phi) is 9.63. The summed E-state index contributed by atoms with van der Waals surface area (Å²) in [6, 6.07) is 15.3. The number of methoxy groups -OCH3 is 1. The van der Waals surface area contributed by atoms with Gasteiger partial charge in [0, 0.05) is 17.7 Å². The van der Waals surface area contributed by atoms with Gasteiger partial charge in [0.2, 0.25) is 0 Å². The predicted octanol–water partition coefficient (Wildman–Crippen LogP) is 5.57. The van der Waals surface area contributed by atoms with E-state index in [0.29, 0.717) is 5.92 Å². The Morgan fingerprint density at radius 2 is 1.36 bits per heavy atom. The molecule has 1 aliphatic carbocycles. The number of carbonyl (C=O) groups is 3. The zero-order valence-electron chi connectivity index (χ0n) is 20.5. The van der Waals surface area contributed by atoms with Crippen molar-refractivity contribution in [2.24, 2.45) is 0 Å². The van der Waals surface area contributed by atoms with E-state index in [9.17, 15) is 14.4 Å². The molecule has 0 unspecified atom stereocenters. The molecule has 3 rings (SSSR count). The summed E-state index contributed by atoms with van der Waals surface area (Å²) in [7, 11) is 1.61. The van der Waals surface area contributed by atoms with Crippen LogP contribution in [-0.4, -0.2) is 31.1 Å². The summed E-state index contributed by atoms with van der Waals surface area (Å²) >= 11 is 0. The second-order valence-electron chi connectivity index (χ2n) is 8.57. The topological polar surface area (TPSA) is 88.1 Å². The molecule has 0 radical (unpaired) electrons. The molecule has 0 saturated heterocycles. The van der Waals surface area contributed by atoms with Gasteiger partial charge in [-0.05, 0) is 79.5 Å². The highest BCUT2D eigenvalue weighted by atomic mass is 17.2. The minimum absolute atomic E-state index is 0.0820. The fourth-order valence-corrected chi connectivity index (χ4v) is 3.82. The summed E-state index contributed by atoms with van der Waals surface area (Å²) in [5.41, 5.74) is 3.05. The minimum atomic E-state index is -0.796. The lowest BCUT2D eigenvalue weighted by molar-refractivity contribution is -0.251. The molecule has 0 spiro atoms. The first kappa shape index (κ1) is 26.5. The van der Waals surface area contributed by atoms with Crippen LogP contribution in [0.1, 0.15) is 55.2 Å². The zero-order valence-corrected chi connectivity index (χ0v) is 20.5. The molecule has 0 bridgehead atoms. The van der Waals surface area contributed by atoms with Crippen LogP contribution < -0.4 is 4.74 Å². The van der Waals surface area contributed by atoms with Gasteiger partial charge in [0.15, 0.2) is 0 Å². The lowest BCUT2D eigenvalue weighted by Crippen LogP contribution is -2.23. The molecule has 36 heavy (non-hydrogen) atoms. The Labute approximate surface area is 210 Å². The highest BCUT2D eigenvalue weighted by Gasteiger charge is 2.24. The highest BCUT2D eigenvalue weighted by molar-refractivity contribution is 5.90. The van der Waals surface area contributed by atoms with Gasteiger partial charge in [-0.1, -0.05) is 43.0 Å². The minimum Gasteiger partial charge on any atom is -0.497 e. The van der Waals surface area contributed by atoms with Crippen LogP contribution in [0.5, 0.6) is 5.75 Å². The maximum absolute atomic E-state index is 12.2.